The number of nitrogens with one attached hydrogen (secondary N) is 2. The van der Waals surface area contributed by atoms with Crippen LogP contribution in [-0.2, 0) is 23.4 Å². The van der Waals surface area contributed by atoms with E-state index in [1.807, 2.05) is 0 Å². The van der Waals surface area contributed by atoms with E-state index >= 15 is 0 Å². The number of nitrogen functional groups attached to an aromatic ring is 1. The average molecular weight is 567 g/mol. The fourth-order valence-electron chi connectivity index (χ4n) is 4.05. The number of aliphatic hydroxyl groups is 2. The number of fused-ring (bicyclic) bond motifs is 1. The molecule has 0 amide bonds. The molecule has 4 rings (SSSR count). The zero-order valence-electron chi connectivity index (χ0n) is 21.5. The number of nitrogens with zero attached hydrogens (tertiary/aromatic N) is 3. The van der Waals surface area contributed by atoms with Crippen molar-refractivity contribution < 1.29 is 38.1 Å². The second kappa shape index (κ2) is 11.8. The Labute approximate surface area is 222 Å². The number of ether oxygens (including phenoxy) is 2. The standard InChI is InChI=1S/C23H31N6O9P/c1-12(2)36-22(33)13(3)28-39(34,38-14-7-5-4-6-8-14)35-10-16-15(9-30)18(31)21(37-16)29-11-25-17-19(29)26-23(24)27-20(17)32/h4-8,11-13,15-16,18,21,30-31H,9-10H2,1-3H3,(H,28,34)(H3,24,26,27,32)/t13-,15-,16-,18-,21-,39-/m1/s1. The average Bonchev–Trinajstić information content (AvgIpc) is 3.43. The first-order valence-electron chi connectivity index (χ1n) is 12.2. The molecule has 15 nitrogen and oxygen atoms in total. The van der Waals surface area contributed by atoms with Crippen molar-refractivity contribution in [2.75, 3.05) is 18.9 Å². The Morgan fingerprint density at radius 1 is 1.31 bits per heavy atom. The zero-order valence-corrected chi connectivity index (χ0v) is 22.4. The molecule has 2 aromatic heterocycles. The number of rotatable bonds is 11. The van der Waals surface area contributed by atoms with Gasteiger partial charge in [-0.2, -0.15) is 10.1 Å². The number of carbonyl (C=O) groups is 1. The van der Waals surface area contributed by atoms with Gasteiger partial charge in [0, 0.05) is 5.92 Å². The summed E-state index contributed by atoms with van der Waals surface area (Å²) < 4.78 is 37.5. The largest absolute Gasteiger partial charge is 0.462 e. The number of H-pyrrole nitrogens is 1. The van der Waals surface area contributed by atoms with Gasteiger partial charge in [0.15, 0.2) is 17.4 Å². The van der Waals surface area contributed by atoms with Crippen LogP contribution in [0.5, 0.6) is 5.75 Å². The van der Waals surface area contributed by atoms with Crippen molar-refractivity contribution in [3.8, 4) is 5.75 Å². The molecule has 0 bridgehead atoms. The van der Waals surface area contributed by atoms with Gasteiger partial charge in [-0.3, -0.25) is 23.7 Å². The summed E-state index contributed by atoms with van der Waals surface area (Å²) in [6.07, 6.45) is -2.54. The van der Waals surface area contributed by atoms with E-state index in [9.17, 15) is 24.4 Å². The second-order valence-corrected chi connectivity index (χ2v) is 10.9. The predicted molar refractivity (Wildman–Crippen MR) is 138 cm³/mol. The highest BCUT2D eigenvalue weighted by atomic mass is 31.2. The van der Waals surface area contributed by atoms with Crippen LogP contribution in [0.15, 0.2) is 41.5 Å². The number of carbonyl (C=O) groups excluding carboxylic acids is 1. The number of anilines is 1. The zero-order chi connectivity index (χ0) is 28.3. The van der Waals surface area contributed by atoms with Crippen molar-refractivity contribution in [3.63, 3.8) is 0 Å². The molecule has 1 aliphatic heterocycles. The summed E-state index contributed by atoms with van der Waals surface area (Å²) in [6.45, 7) is 3.88. The van der Waals surface area contributed by atoms with Crippen LogP contribution in [0.25, 0.3) is 11.2 Å². The number of aromatic nitrogens is 4. The van der Waals surface area contributed by atoms with Gasteiger partial charge >= 0.3 is 13.7 Å². The number of hydrogen-bond acceptors (Lipinski definition) is 12. The first-order chi connectivity index (χ1) is 18.5. The molecule has 1 saturated heterocycles. The van der Waals surface area contributed by atoms with E-state index in [1.54, 1.807) is 44.2 Å². The Hall–Kier alpha value is -3.33. The second-order valence-electron chi connectivity index (χ2n) is 9.21. The topological polar surface area (TPSA) is 213 Å². The van der Waals surface area contributed by atoms with E-state index in [2.05, 4.69) is 20.0 Å². The van der Waals surface area contributed by atoms with Crippen LogP contribution in [0.3, 0.4) is 0 Å². The molecule has 0 saturated carbocycles. The molecule has 0 unspecified atom stereocenters. The van der Waals surface area contributed by atoms with Gasteiger partial charge in [0.05, 0.1) is 31.7 Å². The number of esters is 1. The molecular weight excluding hydrogens is 535 g/mol. The Kier molecular flexibility index (Phi) is 8.69. The van der Waals surface area contributed by atoms with Gasteiger partial charge in [0.1, 0.15) is 17.9 Å². The number of imidazole rings is 1. The predicted octanol–water partition coefficient (Wildman–Crippen LogP) is 0.702. The third-order valence-electron chi connectivity index (χ3n) is 5.89. The molecule has 6 atom stereocenters. The summed E-state index contributed by atoms with van der Waals surface area (Å²) in [5, 5.41) is 23.5. The van der Waals surface area contributed by atoms with Crippen LogP contribution < -0.4 is 20.9 Å². The Bertz CT molecular complexity index is 1400. The number of benzene rings is 1. The molecule has 3 aromatic rings. The molecule has 0 aliphatic carbocycles. The van der Waals surface area contributed by atoms with E-state index < -0.39 is 69.0 Å². The number of hydrogen-bond donors (Lipinski definition) is 5. The van der Waals surface area contributed by atoms with Gasteiger partial charge in [0.25, 0.3) is 5.56 Å². The summed E-state index contributed by atoms with van der Waals surface area (Å²) in [6, 6.07) is 7.12. The van der Waals surface area contributed by atoms with Crippen molar-refractivity contribution >= 4 is 30.8 Å². The quantitative estimate of drug-likeness (QED) is 0.160. The minimum absolute atomic E-state index is 0.0209. The van der Waals surface area contributed by atoms with Gasteiger partial charge in [-0.05, 0) is 32.9 Å². The summed E-state index contributed by atoms with van der Waals surface area (Å²) in [7, 11) is -4.22. The third kappa shape index (κ3) is 6.46. The molecule has 212 valence electrons. The minimum Gasteiger partial charge on any atom is -0.462 e. The highest BCUT2D eigenvalue weighted by Crippen LogP contribution is 2.46. The SMILES string of the molecule is CC(C)OC(=O)[C@@H](C)N[P@@](=O)(OC[C@H]1O[C@@H](n2cnc3c(=O)[nH]c(N)nc32)[C@H](O)[C@@H]1CO)Oc1ccccc1. The fourth-order valence-corrected chi connectivity index (χ4v) is 5.55. The Balaban J connectivity index is 1.55. The molecule has 1 fully saturated rings. The summed E-state index contributed by atoms with van der Waals surface area (Å²) in [4.78, 5) is 34.9. The lowest BCUT2D eigenvalue weighted by atomic mass is 9.99. The molecule has 39 heavy (non-hydrogen) atoms. The summed E-state index contributed by atoms with van der Waals surface area (Å²) >= 11 is 0. The van der Waals surface area contributed by atoms with Gasteiger partial charge in [0.2, 0.25) is 5.95 Å². The first kappa shape index (κ1) is 28.7. The van der Waals surface area contributed by atoms with E-state index in [-0.39, 0.29) is 22.9 Å². The molecule has 1 aromatic carbocycles. The molecule has 1 aliphatic rings. The fraction of sp³-hybridized carbons (Fsp3) is 0.478. The Morgan fingerprint density at radius 3 is 2.69 bits per heavy atom. The van der Waals surface area contributed by atoms with Crippen molar-refractivity contribution in [2.45, 2.75) is 51.4 Å². The number of aliphatic hydroxyl groups excluding tert-OH is 2. The molecule has 6 N–H and O–H groups in total. The maximum absolute atomic E-state index is 13.8. The lowest BCUT2D eigenvalue weighted by Crippen LogP contribution is -2.37. The van der Waals surface area contributed by atoms with Crippen molar-refractivity contribution in [1.29, 1.82) is 0 Å². The number of para-hydroxylation sites is 1. The van der Waals surface area contributed by atoms with Crippen LogP contribution in [0.1, 0.15) is 27.0 Å². The highest BCUT2D eigenvalue weighted by Gasteiger charge is 2.46. The van der Waals surface area contributed by atoms with E-state index in [0.29, 0.717) is 0 Å². The van der Waals surface area contributed by atoms with Gasteiger partial charge in [-0.1, -0.05) is 18.2 Å². The first-order valence-corrected chi connectivity index (χ1v) is 13.7. The third-order valence-corrected chi connectivity index (χ3v) is 7.54. The van der Waals surface area contributed by atoms with Gasteiger partial charge < -0.3 is 29.9 Å². The monoisotopic (exact) mass is 566 g/mol. The van der Waals surface area contributed by atoms with Gasteiger partial charge in [-0.15, -0.1) is 0 Å². The smallest absolute Gasteiger partial charge is 0.459 e. The maximum atomic E-state index is 13.8. The lowest BCUT2D eigenvalue weighted by molar-refractivity contribution is -0.149. The van der Waals surface area contributed by atoms with Crippen molar-refractivity contribution in [2.24, 2.45) is 5.92 Å². The van der Waals surface area contributed by atoms with Crippen LogP contribution in [-0.4, -0.2) is 73.3 Å². The van der Waals surface area contributed by atoms with Crippen LogP contribution >= 0.6 is 7.75 Å². The summed E-state index contributed by atoms with van der Waals surface area (Å²) in [5.41, 5.74) is 5.13. The van der Waals surface area contributed by atoms with E-state index in [1.165, 1.54) is 17.8 Å². The van der Waals surface area contributed by atoms with Crippen LogP contribution in [0, 0.1) is 5.92 Å². The molecule has 0 spiro atoms. The Morgan fingerprint density at radius 2 is 2.03 bits per heavy atom. The van der Waals surface area contributed by atoms with Crippen molar-refractivity contribution in [3.05, 3.63) is 47.0 Å². The highest BCUT2D eigenvalue weighted by molar-refractivity contribution is 7.52. The number of nitrogens with two attached hydrogens (primary N) is 1. The molecule has 0 radical (unpaired) electrons. The molecule has 3 heterocycles. The molecule has 16 heteroatoms. The summed E-state index contributed by atoms with van der Waals surface area (Å²) in [5.74, 6) is -1.50. The number of aromatic amines is 1. The van der Waals surface area contributed by atoms with Gasteiger partial charge in [-0.25, -0.2) is 9.55 Å². The minimum atomic E-state index is -4.22. The van der Waals surface area contributed by atoms with Crippen LogP contribution in [0.4, 0.5) is 5.95 Å². The molecular formula is C23H31N6O9P. The maximum Gasteiger partial charge on any atom is 0.459 e. The van der Waals surface area contributed by atoms with E-state index in [0.717, 1.165) is 0 Å². The van der Waals surface area contributed by atoms with Crippen LogP contribution in [0.2, 0.25) is 0 Å². The van der Waals surface area contributed by atoms with Crippen molar-refractivity contribution in [1.82, 2.24) is 24.6 Å². The van der Waals surface area contributed by atoms with E-state index in [4.69, 9.17) is 24.3 Å². The lowest BCUT2D eigenvalue weighted by Gasteiger charge is -2.25. The normalized spacial score (nSPS) is 23.5.